The molecule has 0 aliphatic heterocycles. The Kier molecular flexibility index (Phi) is 5.96. The second-order valence-corrected chi connectivity index (χ2v) is 8.49. The van der Waals surface area contributed by atoms with Crippen molar-refractivity contribution >= 4 is 44.4 Å². The van der Waals surface area contributed by atoms with Crippen LogP contribution in [-0.4, -0.2) is 13.5 Å². The molecule has 0 saturated heterocycles. The minimum Gasteiger partial charge on any atom is -0.332 e. The molecule has 5 nitrogen and oxygen atoms in total. The zero-order chi connectivity index (χ0) is 20.1. The first-order valence-electron chi connectivity index (χ1n) is 8.67. The Hall–Kier alpha value is -2.90. The Balaban J connectivity index is 1.73. The van der Waals surface area contributed by atoms with Crippen molar-refractivity contribution < 1.29 is 8.42 Å². The molecule has 0 atom stereocenters. The van der Waals surface area contributed by atoms with Gasteiger partial charge in [-0.3, -0.25) is 4.72 Å². The van der Waals surface area contributed by atoms with E-state index in [1.54, 1.807) is 42.5 Å². The lowest BCUT2D eigenvalue weighted by Gasteiger charge is -2.14. The molecule has 0 heterocycles. The first-order valence-corrected chi connectivity index (χ1v) is 10.6. The molecule has 3 N–H and O–H groups in total. The van der Waals surface area contributed by atoms with Crippen LogP contribution < -0.4 is 15.4 Å². The topological polar surface area (TPSA) is 70.2 Å². The Morgan fingerprint density at radius 2 is 1.54 bits per heavy atom. The zero-order valence-electron chi connectivity index (χ0n) is 15.6. The minimum absolute atomic E-state index is 0.149. The van der Waals surface area contributed by atoms with E-state index in [1.165, 1.54) is 11.6 Å². The van der Waals surface area contributed by atoms with Crippen LogP contribution in [0.25, 0.3) is 0 Å². The standard InChI is InChI=1S/C21H21N3O2S2/c1-15-11-12-20(16(2)13-15)23-21(27)22-18-9-6-10-19(14-18)28(25,26)24-17-7-4-3-5-8-17/h3-14,24H,1-2H3,(H2,22,23,27). The molecule has 0 radical (unpaired) electrons. The average Bonchev–Trinajstić information content (AvgIpc) is 2.65. The van der Waals surface area contributed by atoms with E-state index in [2.05, 4.69) is 21.4 Å². The summed E-state index contributed by atoms with van der Waals surface area (Å²) >= 11 is 5.36. The number of rotatable bonds is 5. The van der Waals surface area contributed by atoms with Crippen molar-refractivity contribution in [3.63, 3.8) is 0 Å². The van der Waals surface area contributed by atoms with Gasteiger partial charge in [-0.05, 0) is 68.0 Å². The number of hydrogen-bond acceptors (Lipinski definition) is 3. The van der Waals surface area contributed by atoms with E-state index in [0.29, 0.717) is 16.5 Å². The normalized spacial score (nSPS) is 10.9. The molecular formula is C21H21N3O2S2. The van der Waals surface area contributed by atoms with E-state index in [9.17, 15) is 8.42 Å². The molecule has 144 valence electrons. The summed E-state index contributed by atoms with van der Waals surface area (Å²) in [5.74, 6) is 0. The summed E-state index contributed by atoms with van der Waals surface area (Å²) in [5, 5.41) is 6.56. The van der Waals surface area contributed by atoms with Crippen LogP contribution in [0.3, 0.4) is 0 Å². The lowest BCUT2D eigenvalue weighted by molar-refractivity contribution is 0.601. The summed E-state index contributed by atoms with van der Waals surface area (Å²) in [6.45, 7) is 4.03. The van der Waals surface area contributed by atoms with E-state index in [4.69, 9.17) is 12.2 Å². The molecule has 0 aliphatic carbocycles. The molecule has 3 aromatic rings. The van der Waals surface area contributed by atoms with Crippen molar-refractivity contribution in [1.82, 2.24) is 0 Å². The van der Waals surface area contributed by atoms with Gasteiger partial charge in [-0.15, -0.1) is 0 Å². The van der Waals surface area contributed by atoms with Crippen LogP contribution in [-0.2, 0) is 10.0 Å². The van der Waals surface area contributed by atoms with Gasteiger partial charge in [-0.2, -0.15) is 0 Å². The number of nitrogens with one attached hydrogen (secondary N) is 3. The lowest BCUT2D eigenvalue weighted by Crippen LogP contribution is -2.20. The van der Waals surface area contributed by atoms with E-state index in [0.717, 1.165) is 11.3 Å². The molecule has 0 amide bonds. The Morgan fingerprint density at radius 1 is 0.821 bits per heavy atom. The molecule has 3 aromatic carbocycles. The first-order chi connectivity index (χ1) is 13.3. The van der Waals surface area contributed by atoms with Crippen LogP contribution in [0.1, 0.15) is 11.1 Å². The molecule has 28 heavy (non-hydrogen) atoms. The SMILES string of the molecule is Cc1ccc(NC(=S)Nc2cccc(S(=O)(=O)Nc3ccccc3)c2)c(C)c1. The van der Waals surface area contributed by atoms with Crippen LogP contribution in [0, 0.1) is 13.8 Å². The fraction of sp³-hybridized carbons (Fsp3) is 0.0952. The van der Waals surface area contributed by atoms with E-state index < -0.39 is 10.0 Å². The van der Waals surface area contributed by atoms with Crippen molar-refractivity contribution in [3.8, 4) is 0 Å². The maximum absolute atomic E-state index is 12.6. The van der Waals surface area contributed by atoms with Gasteiger partial charge < -0.3 is 10.6 Å². The number of hydrogen-bond donors (Lipinski definition) is 3. The van der Waals surface area contributed by atoms with Gasteiger partial charge in [0.25, 0.3) is 10.0 Å². The van der Waals surface area contributed by atoms with Gasteiger partial charge in [0.05, 0.1) is 4.90 Å². The molecule has 0 fully saturated rings. The third kappa shape index (κ3) is 5.09. The van der Waals surface area contributed by atoms with Crippen LogP contribution in [0.5, 0.6) is 0 Å². The third-order valence-electron chi connectivity index (χ3n) is 4.06. The summed E-state index contributed by atoms with van der Waals surface area (Å²) in [4.78, 5) is 0.149. The van der Waals surface area contributed by atoms with Gasteiger partial charge in [0.2, 0.25) is 0 Å². The Labute approximate surface area is 170 Å². The predicted octanol–water partition coefficient (Wildman–Crippen LogP) is 4.91. The van der Waals surface area contributed by atoms with Crippen LogP contribution in [0.2, 0.25) is 0 Å². The maximum atomic E-state index is 12.6. The number of benzene rings is 3. The second kappa shape index (κ2) is 8.41. The van der Waals surface area contributed by atoms with Gasteiger partial charge in [0.15, 0.2) is 5.11 Å². The molecular weight excluding hydrogens is 390 g/mol. The summed E-state index contributed by atoms with van der Waals surface area (Å²) < 4.78 is 27.8. The molecule has 3 rings (SSSR count). The highest BCUT2D eigenvalue weighted by Crippen LogP contribution is 2.20. The fourth-order valence-electron chi connectivity index (χ4n) is 2.70. The summed E-state index contributed by atoms with van der Waals surface area (Å²) in [6, 6.07) is 21.3. The van der Waals surface area contributed by atoms with Gasteiger partial charge in [0, 0.05) is 17.1 Å². The van der Waals surface area contributed by atoms with Crippen molar-refractivity contribution in [2.24, 2.45) is 0 Å². The third-order valence-corrected chi connectivity index (χ3v) is 5.64. The average molecular weight is 412 g/mol. The predicted molar refractivity (Wildman–Crippen MR) is 119 cm³/mol. The maximum Gasteiger partial charge on any atom is 0.261 e. The van der Waals surface area contributed by atoms with Gasteiger partial charge in [-0.1, -0.05) is 42.0 Å². The number of sulfonamides is 1. The Morgan fingerprint density at radius 3 is 2.25 bits per heavy atom. The van der Waals surface area contributed by atoms with Crippen molar-refractivity contribution in [2.75, 3.05) is 15.4 Å². The lowest BCUT2D eigenvalue weighted by atomic mass is 10.1. The molecule has 0 saturated carbocycles. The number of anilines is 3. The number of para-hydroxylation sites is 1. The van der Waals surface area contributed by atoms with Gasteiger partial charge in [-0.25, -0.2) is 8.42 Å². The summed E-state index contributed by atoms with van der Waals surface area (Å²) in [7, 11) is -3.70. The number of aryl methyl sites for hydroxylation is 2. The van der Waals surface area contributed by atoms with E-state index in [-0.39, 0.29) is 4.90 Å². The van der Waals surface area contributed by atoms with E-state index in [1.807, 2.05) is 32.0 Å². The summed E-state index contributed by atoms with van der Waals surface area (Å²) in [6.07, 6.45) is 0. The minimum atomic E-state index is -3.70. The van der Waals surface area contributed by atoms with Gasteiger partial charge in [0.1, 0.15) is 0 Å². The highest BCUT2D eigenvalue weighted by Gasteiger charge is 2.15. The largest absolute Gasteiger partial charge is 0.332 e. The van der Waals surface area contributed by atoms with Crippen LogP contribution >= 0.6 is 12.2 Å². The molecule has 0 aliphatic rings. The monoisotopic (exact) mass is 411 g/mol. The van der Waals surface area contributed by atoms with Crippen LogP contribution in [0.4, 0.5) is 17.1 Å². The van der Waals surface area contributed by atoms with E-state index >= 15 is 0 Å². The van der Waals surface area contributed by atoms with Gasteiger partial charge >= 0.3 is 0 Å². The van der Waals surface area contributed by atoms with Crippen molar-refractivity contribution in [1.29, 1.82) is 0 Å². The fourth-order valence-corrected chi connectivity index (χ4v) is 4.03. The Bertz CT molecular complexity index is 1100. The molecule has 0 bridgehead atoms. The molecule has 7 heteroatoms. The number of thiocarbonyl (C=S) groups is 1. The molecule has 0 unspecified atom stereocenters. The first kappa shape index (κ1) is 19.9. The summed E-state index contributed by atoms with van der Waals surface area (Å²) in [5.41, 5.74) is 4.24. The van der Waals surface area contributed by atoms with Crippen molar-refractivity contribution in [3.05, 3.63) is 83.9 Å². The highest BCUT2D eigenvalue weighted by molar-refractivity contribution is 7.92. The zero-order valence-corrected chi connectivity index (χ0v) is 17.2. The quantitative estimate of drug-likeness (QED) is 0.520. The van der Waals surface area contributed by atoms with Crippen LogP contribution in [0.15, 0.2) is 77.7 Å². The molecule has 0 aromatic heterocycles. The second-order valence-electron chi connectivity index (χ2n) is 6.40. The highest BCUT2D eigenvalue weighted by atomic mass is 32.2. The smallest absolute Gasteiger partial charge is 0.261 e. The molecule has 0 spiro atoms. The van der Waals surface area contributed by atoms with Crippen molar-refractivity contribution in [2.45, 2.75) is 18.7 Å².